The zero-order chi connectivity index (χ0) is 10.5. The fraction of sp³-hybridized carbons (Fsp3) is 0.0909. The molecule has 0 saturated heterocycles. The molecule has 4 heteroatoms. The summed E-state index contributed by atoms with van der Waals surface area (Å²) < 4.78 is 0. The maximum absolute atomic E-state index is 8.74. The topological polar surface area (TPSA) is 64.5 Å². The molecular formula is C11H10N4. The van der Waals surface area contributed by atoms with Crippen molar-refractivity contribution in [2.24, 2.45) is 0 Å². The Bertz CT molecular complexity index is 467. The molecule has 2 rings (SSSR count). The number of anilines is 1. The molecule has 15 heavy (non-hydrogen) atoms. The van der Waals surface area contributed by atoms with Gasteiger partial charge in [0.05, 0.1) is 6.33 Å². The van der Waals surface area contributed by atoms with Crippen LogP contribution in [0.15, 0.2) is 36.7 Å². The lowest BCUT2D eigenvalue weighted by Gasteiger charge is -2.02. The molecule has 1 aromatic heterocycles. The van der Waals surface area contributed by atoms with Crippen molar-refractivity contribution in [2.75, 3.05) is 5.32 Å². The van der Waals surface area contributed by atoms with E-state index in [2.05, 4.69) is 15.3 Å². The first kappa shape index (κ1) is 9.28. The number of nitrogens with zero attached hydrogens (tertiary/aromatic N) is 2. The van der Waals surface area contributed by atoms with Gasteiger partial charge in [-0.3, -0.25) is 0 Å². The monoisotopic (exact) mass is 198 g/mol. The molecule has 1 heterocycles. The highest BCUT2D eigenvalue weighted by Crippen LogP contribution is 2.09. The van der Waals surface area contributed by atoms with Crippen molar-refractivity contribution in [3.63, 3.8) is 0 Å². The van der Waals surface area contributed by atoms with Gasteiger partial charge in [-0.25, -0.2) is 4.98 Å². The summed E-state index contributed by atoms with van der Waals surface area (Å²) >= 11 is 0. The van der Waals surface area contributed by atoms with Crippen molar-refractivity contribution in [2.45, 2.75) is 6.54 Å². The van der Waals surface area contributed by atoms with Crippen LogP contribution in [0.25, 0.3) is 0 Å². The van der Waals surface area contributed by atoms with Crippen LogP contribution >= 0.6 is 0 Å². The predicted molar refractivity (Wildman–Crippen MR) is 57.1 cm³/mol. The number of hydrogen-bond acceptors (Lipinski definition) is 3. The molecule has 0 unspecified atom stereocenters. The summed E-state index contributed by atoms with van der Waals surface area (Å²) in [5.74, 6) is 0.598. The Morgan fingerprint density at radius 2 is 2.13 bits per heavy atom. The van der Waals surface area contributed by atoms with E-state index in [1.54, 1.807) is 0 Å². The SMILES string of the molecule is N#Cc1[nH]cnc1NCc1ccccc1. The van der Waals surface area contributed by atoms with Crippen molar-refractivity contribution in [1.29, 1.82) is 5.26 Å². The molecule has 2 aromatic rings. The Labute approximate surface area is 87.6 Å². The summed E-state index contributed by atoms with van der Waals surface area (Å²) in [6.45, 7) is 0.667. The van der Waals surface area contributed by atoms with E-state index in [1.807, 2.05) is 36.4 Å². The lowest BCUT2D eigenvalue weighted by molar-refractivity contribution is 1.12. The molecule has 4 nitrogen and oxygen atoms in total. The molecule has 74 valence electrons. The van der Waals surface area contributed by atoms with Gasteiger partial charge >= 0.3 is 0 Å². The third-order valence-electron chi connectivity index (χ3n) is 2.05. The van der Waals surface area contributed by atoms with Crippen LogP contribution < -0.4 is 5.32 Å². The van der Waals surface area contributed by atoms with Gasteiger partial charge in [-0.2, -0.15) is 5.26 Å². The first-order valence-electron chi connectivity index (χ1n) is 4.61. The summed E-state index contributed by atoms with van der Waals surface area (Å²) in [7, 11) is 0. The largest absolute Gasteiger partial charge is 0.364 e. The standard InChI is InChI=1S/C11H10N4/c12-6-10-11(15-8-14-10)13-7-9-4-2-1-3-5-9/h1-5,8,13H,7H2,(H,14,15). The van der Waals surface area contributed by atoms with Crippen LogP contribution in [-0.2, 0) is 6.54 Å². The number of nitrogens with one attached hydrogen (secondary N) is 2. The summed E-state index contributed by atoms with van der Waals surface area (Å²) in [5.41, 5.74) is 1.62. The van der Waals surface area contributed by atoms with Crippen LogP contribution in [0.3, 0.4) is 0 Å². The lowest BCUT2D eigenvalue weighted by Crippen LogP contribution is -2.00. The van der Waals surface area contributed by atoms with Crippen LogP contribution in [0.1, 0.15) is 11.3 Å². The number of imidazole rings is 1. The third-order valence-corrected chi connectivity index (χ3v) is 2.05. The second-order valence-corrected chi connectivity index (χ2v) is 3.08. The van der Waals surface area contributed by atoms with E-state index in [1.165, 1.54) is 6.33 Å². The van der Waals surface area contributed by atoms with Crippen molar-refractivity contribution in [1.82, 2.24) is 9.97 Å². The second-order valence-electron chi connectivity index (χ2n) is 3.08. The van der Waals surface area contributed by atoms with E-state index in [9.17, 15) is 0 Å². The first-order valence-corrected chi connectivity index (χ1v) is 4.61. The number of aromatic nitrogens is 2. The number of rotatable bonds is 3. The van der Waals surface area contributed by atoms with Crippen LogP contribution in [0.2, 0.25) is 0 Å². The minimum Gasteiger partial charge on any atom is -0.364 e. The molecule has 0 aliphatic heterocycles. The van der Waals surface area contributed by atoms with Gasteiger partial charge in [-0.15, -0.1) is 0 Å². The average Bonchev–Trinajstić information content (AvgIpc) is 2.75. The van der Waals surface area contributed by atoms with E-state index in [4.69, 9.17) is 5.26 Å². The van der Waals surface area contributed by atoms with E-state index >= 15 is 0 Å². The Hall–Kier alpha value is -2.28. The van der Waals surface area contributed by atoms with Crippen LogP contribution in [0.5, 0.6) is 0 Å². The molecule has 0 atom stereocenters. The fourth-order valence-corrected chi connectivity index (χ4v) is 1.30. The average molecular weight is 198 g/mol. The Morgan fingerprint density at radius 1 is 1.33 bits per heavy atom. The van der Waals surface area contributed by atoms with Gasteiger partial charge in [0.15, 0.2) is 11.5 Å². The molecule has 0 bridgehead atoms. The zero-order valence-corrected chi connectivity index (χ0v) is 8.07. The van der Waals surface area contributed by atoms with Gasteiger partial charge in [0.1, 0.15) is 6.07 Å². The Morgan fingerprint density at radius 3 is 2.87 bits per heavy atom. The molecule has 1 aromatic carbocycles. The van der Waals surface area contributed by atoms with Crippen LogP contribution in [-0.4, -0.2) is 9.97 Å². The summed E-state index contributed by atoms with van der Waals surface area (Å²) in [4.78, 5) is 6.77. The van der Waals surface area contributed by atoms with Gasteiger partial charge in [0.2, 0.25) is 0 Å². The Balaban J connectivity index is 2.03. The first-order chi connectivity index (χ1) is 7.40. The van der Waals surface area contributed by atoms with E-state index < -0.39 is 0 Å². The second kappa shape index (κ2) is 4.29. The van der Waals surface area contributed by atoms with E-state index in [0.29, 0.717) is 18.1 Å². The number of hydrogen-bond donors (Lipinski definition) is 2. The van der Waals surface area contributed by atoms with Gasteiger partial charge in [0, 0.05) is 6.54 Å². The molecule has 2 N–H and O–H groups in total. The minimum absolute atomic E-state index is 0.464. The highest BCUT2D eigenvalue weighted by Gasteiger charge is 2.02. The highest BCUT2D eigenvalue weighted by molar-refractivity contribution is 5.47. The quantitative estimate of drug-likeness (QED) is 0.791. The molecular weight excluding hydrogens is 188 g/mol. The molecule has 0 radical (unpaired) electrons. The maximum Gasteiger partial charge on any atom is 0.162 e. The van der Waals surface area contributed by atoms with E-state index in [-0.39, 0.29) is 0 Å². The molecule has 0 fully saturated rings. The summed E-state index contributed by atoms with van der Waals surface area (Å²) in [5, 5.41) is 11.8. The van der Waals surface area contributed by atoms with Crippen LogP contribution in [0, 0.1) is 11.3 Å². The van der Waals surface area contributed by atoms with Crippen molar-refractivity contribution in [3.05, 3.63) is 47.9 Å². The maximum atomic E-state index is 8.74. The van der Waals surface area contributed by atoms with Gasteiger partial charge in [0.25, 0.3) is 0 Å². The fourth-order valence-electron chi connectivity index (χ4n) is 1.30. The third kappa shape index (κ3) is 2.15. The van der Waals surface area contributed by atoms with Gasteiger partial charge < -0.3 is 10.3 Å². The highest BCUT2D eigenvalue weighted by atomic mass is 15.0. The van der Waals surface area contributed by atoms with Crippen molar-refractivity contribution < 1.29 is 0 Å². The molecule has 0 aliphatic rings. The smallest absolute Gasteiger partial charge is 0.162 e. The minimum atomic E-state index is 0.464. The van der Waals surface area contributed by atoms with Crippen molar-refractivity contribution in [3.8, 4) is 6.07 Å². The number of nitriles is 1. The number of benzene rings is 1. The summed E-state index contributed by atoms with van der Waals surface area (Å²) in [6, 6.07) is 12.0. The Kier molecular flexibility index (Phi) is 2.65. The zero-order valence-electron chi connectivity index (χ0n) is 8.07. The normalized spacial score (nSPS) is 9.53. The lowest BCUT2D eigenvalue weighted by atomic mass is 10.2. The number of aromatic amines is 1. The predicted octanol–water partition coefficient (Wildman–Crippen LogP) is 1.89. The van der Waals surface area contributed by atoms with Gasteiger partial charge in [-0.1, -0.05) is 30.3 Å². The molecule has 0 saturated carbocycles. The van der Waals surface area contributed by atoms with E-state index in [0.717, 1.165) is 5.56 Å². The van der Waals surface area contributed by atoms with Gasteiger partial charge in [-0.05, 0) is 5.56 Å². The number of H-pyrrole nitrogens is 1. The van der Waals surface area contributed by atoms with Crippen molar-refractivity contribution >= 4 is 5.82 Å². The van der Waals surface area contributed by atoms with Crippen LogP contribution in [0.4, 0.5) is 5.82 Å². The molecule has 0 amide bonds. The summed E-state index contributed by atoms with van der Waals surface area (Å²) in [6.07, 6.45) is 1.51. The molecule has 0 spiro atoms. The molecule has 0 aliphatic carbocycles.